The van der Waals surface area contributed by atoms with Gasteiger partial charge in [-0.1, -0.05) is 25.7 Å². The lowest BCUT2D eigenvalue weighted by atomic mass is 9.76. The van der Waals surface area contributed by atoms with Gasteiger partial charge in [-0.25, -0.2) is 0 Å². The van der Waals surface area contributed by atoms with Crippen LogP contribution in [-0.4, -0.2) is 89.3 Å². The van der Waals surface area contributed by atoms with Crippen LogP contribution in [0.25, 0.3) is 0 Å². The molecule has 39 heavy (non-hydrogen) atoms. The van der Waals surface area contributed by atoms with Crippen molar-refractivity contribution in [1.29, 1.82) is 0 Å². The van der Waals surface area contributed by atoms with Gasteiger partial charge >= 0.3 is 0 Å². The molecule has 10 heteroatoms. The highest BCUT2D eigenvalue weighted by molar-refractivity contribution is 5.96. The van der Waals surface area contributed by atoms with Gasteiger partial charge in [0.25, 0.3) is 5.91 Å². The normalized spacial score (nSPS) is 28.5. The average molecular weight is 545 g/mol. The van der Waals surface area contributed by atoms with E-state index in [4.69, 9.17) is 14.2 Å². The molecule has 2 amide bonds. The number of rotatable bonds is 8. The number of carbonyl (C=O) groups is 2. The first-order valence-electron chi connectivity index (χ1n) is 14.2. The number of aliphatic hydroxyl groups is 3. The maximum Gasteiger partial charge on any atom is 0.252 e. The number of nitrogens with one attached hydrogen (secondary N) is 1. The molecule has 5 unspecified atom stereocenters. The summed E-state index contributed by atoms with van der Waals surface area (Å²) in [5, 5.41) is 33.8. The minimum Gasteiger partial charge on any atom is -0.493 e. The predicted molar refractivity (Wildman–Crippen MR) is 141 cm³/mol. The van der Waals surface area contributed by atoms with Gasteiger partial charge in [0.15, 0.2) is 11.5 Å². The van der Waals surface area contributed by atoms with E-state index in [1.54, 1.807) is 23.1 Å². The van der Waals surface area contributed by atoms with Crippen molar-refractivity contribution in [3.63, 3.8) is 0 Å². The third-order valence-corrected chi connectivity index (χ3v) is 8.49. The molecule has 5 rings (SSSR count). The zero-order chi connectivity index (χ0) is 27.5. The fourth-order valence-electron chi connectivity index (χ4n) is 6.63. The number of methoxy groups -OCH3 is 1. The van der Waals surface area contributed by atoms with E-state index in [-0.39, 0.29) is 31.7 Å². The Labute approximate surface area is 228 Å². The molecule has 1 saturated carbocycles. The molecule has 0 aromatic heterocycles. The summed E-state index contributed by atoms with van der Waals surface area (Å²) in [6, 6.07) is 2.56. The molecule has 214 valence electrons. The maximum absolute atomic E-state index is 14.0. The number of hydrogen-bond donors (Lipinski definition) is 4. The Kier molecular flexibility index (Phi) is 8.76. The minimum atomic E-state index is -1.12. The molecule has 10 nitrogen and oxygen atoms in total. The summed E-state index contributed by atoms with van der Waals surface area (Å²) in [6.45, 7) is 0.145. The van der Waals surface area contributed by atoms with Crippen LogP contribution in [0, 0.1) is 0 Å². The largest absolute Gasteiger partial charge is 0.493 e. The molecule has 0 bridgehead atoms. The van der Waals surface area contributed by atoms with Gasteiger partial charge in [0.2, 0.25) is 5.91 Å². The summed E-state index contributed by atoms with van der Waals surface area (Å²) < 4.78 is 17.7. The monoisotopic (exact) mass is 544 g/mol. The first-order valence-corrected chi connectivity index (χ1v) is 14.2. The summed E-state index contributed by atoms with van der Waals surface area (Å²) in [7, 11) is 1.50. The van der Waals surface area contributed by atoms with Crippen LogP contribution >= 0.6 is 0 Å². The summed E-state index contributed by atoms with van der Waals surface area (Å²) in [4.78, 5) is 29.3. The van der Waals surface area contributed by atoms with E-state index in [1.807, 2.05) is 0 Å². The van der Waals surface area contributed by atoms with Gasteiger partial charge in [0, 0.05) is 30.3 Å². The van der Waals surface area contributed by atoms with Crippen LogP contribution in [0.4, 0.5) is 0 Å². The van der Waals surface area contributed by atoms with Crippen LogP contribution in [0.5, 0.6) is 11.5 Å². The Bertz CT molecular complexity index is 1080. The lowest BCUT2D eigenvalue weighted by molar-refractivity contribution is -0.150. The highest BCUT2D eigenvalue weighted by Gasteiger charge is 2.52. The molecule has 2 fully saturated rings. The molecule has 2 heterocycles. The van der Waals surface area contributed by atoms with Gasteiger partial charge in [-0.2, -0.15) is 0 Å². The number of amides is 2. The third-order valence-electron chi connectivity index (χ3n) is 8.49. The minimum absolute atomic E-state index is 0.0652. The number of nitrogens with zero attached hydrogens (tertiary/aromatic N) is 1. The molecule has 1 saturated heterocycles. The van der Waals surface area contributed by atoms with Crippen molar-refractivity contribution in [2.24, 2.45) is 0 Å². The number of benzene rings is 1. The summed E-state index contributed by atoms with van der Waals surface area (Å²) in [5.74, 6) is -0.369. The maximum atomic E-state index is 14.0. The lowest BCUT2D eigenvalue weighted by Gasteiger charge is -2.44. The topological polar surface area (TPSA) is 138 Å². The van der Waals surface area contributed by atoms with E-state index in [1.165, 1.54) is 7.11 Å². The van der Waals surface area contributed by atoms with Gasteiger partial charge < -0.3 is 39.7 Å². The Morgan fingerprint density at radius 3 is 2.51 bits per heavy atom. The first kappa shape index (κ1) is 27.9. The molecule has 1 aromatic rings. The number of fused-ring (bicyclic) bond motifs is 3. The van der Waals surface area contributed by atoms with Crippen molar-refractivity contribution in [2.75, 3.05) is 26.9 Å². The number of hydrogen-bond acceptors (Lipinski definition) is 8. The zero-order valence-corrected chi connectivity index (χ0v) is 22.5. The summed E-state index contributed by atoms with van der Waals surface area (Å²) in [6.07, 6.45) is 6.46. The van der Waals surface area contributed by atoms with E-state index in [9.17, 15) is 24.9 Å². The SMILES string of the molecule is COc1cc(CO)cc2c1OC1C2C(C(=O)NCCO)=CC(N(C(=O)C2CCCO2)C2CCCCCC2)C1O. The summed E-state index contributed by atoms with van der Waals surface area (Å²) in [5.41, 5.74) is 1.59. The van der Waals surface area contributed by atoms with Crippen LogP contribution in [0.2, 0.25) is 0 Å². The van der Waals surface area contributed by atoms with Crippen LogP contribution in [-0.2, 0) is 20.9 Å². The van der Waals surface area contributed by atoms with Gasteiger partial charge in [0.05, 0.1) is 32.3 Å². The van der Waals surface area contributed by atoms with Crippen LogP contribution < -0.4 is 14.8 Å². The van der Waals surface area contributed by atoms with Crippen molar-refractivity contribution in [3.05, 3.63) is 34.9 Å². The van der Waals surface area contributed by atoms with Crippen molar-refractivity contribution in [3.8, 4) is 11.5 Å². The lowest BCUT2D eigenvalue weighted by Crippen LogP contribution is -2.60. The second kappa shape index (κ2) is 12.2. The first-order chi connectivity index (χ1) is 19.0. The van der Waals surface area contributed by atoms with E-state index in [0.717, 1.165) is 44.9 Å². The summed E-state index contributed by atoms with van der Waals surface area (Å²) >= 11 is 0. The molecule has 0 spiro atoms. The highest BCUT2D eigenvalue weighted by Crippen LogP contribution is 2.51. The van der Waals surface area contributed by atoms with Gasteiger partial charge in [-0.3, -0.25) is 9.59 Å². The fourth-order valence-corrected chi connectivity index (χ4v) is 6.63. The molecule has 2 aliphatic carbocycles. The van der Waals surface area contributed by atoms with E-state index in [2.05, 4.69) is 5.32 Å². The van der Waals surface area contributed by atoms with Crippen molar-refractivity contribution in [1.82, 2.24) is 10.2 Å². The van der Waals surface area contributed by atoms with Gasteiger partial charge in [-0.15, -0.1) is 0 Å². The molecule has 1 aromatic carbocycles. The van der Waals surface area contributed by atoms with E-state index < -0.39 is 36.2 Å². The molecule has 0 radical (unpaired) electrons. The standard InChI is InChI=1S/C29H40N2O8/c1-37-23-14-17(16-33)13-19-24-20(28(35)30-10-11-32)15-21(25(34)27(24)39-26(19)23)31(18-7-4-2-3-5-8-18)29(36)22-9-6-12-38-22/h13-15,18,21-22,24-25,27,32-34H,2-12,16H2,1H3,(H,30,35). The van der Waals surface area contributed by atoms with Crippen molar-refractivity contribution < 1.29 is 39.1 Å². The predicted octanol–water partition coefficient (Wildman–Crippen LogP) is 1.54. The van der Waals surface area contributed by atoms with Crippen molar-refractivity contribution in [2.45, 2.75) is 94.3 Å². The Hall–Kier alpha value is -2.66. The number of aliphatic hydroxyl groups excluding tert-OH is 3. The third kappa shape index (κ3) is 5.39. The molecular weight excluding hydrogens is 504 g/mol. The van der Waals surface area contributed by atoms with Gasteiger partial charge in [0.1, 0.15) is 18.3 Å². The Morgan fingerprint density at radius 1 is 1.10 bits per heavy atom. The average Bonchev–Trinajstić information content (AvgIpc) is 3.55. The molecular formula is C29H40N2O8. The Morgan fingerprint density at radius 2 is 1.87 bits per heavy atom. The number of carbonyl (C=O) groups excluding carboxylic acids is 2. The second-order valence-electron chi connectivity index (χ2n) is 10.9. The Balaban J connectivity index is 1.59. The fraction of sp³-hybridized carbons (Fsp3) is 0.655. The second-order valence-corrected chi connectivity index (χ2v) is 10.9. The smallest absolute Gasteiger partial charge is 0.252 e. The van der Waals surface area contributed by atoms with E-state index >= 15 is 0 Å². The van der Waals surface area contributed by atoms with Crippen LogP contribution in [0.15, 0.2) is 23.8 Å². The quantitative estimate of drug-likeness (QED) is 0.362. The number of ether oxygens (including phenoxy) is 3. The highest BCUT2D eigenvalue weighted by atomic mass is 16.5. The molecule has 4 N–H and O–H groups in total. The van der Waals surface area contributed by atoms with Crippen LogP contribution in [0.1, 0.15) is 68.4 Å². The molecule has 5 atom stereocenters. The van der Waals surface area contributed by atoms with E-state index in [0.29, 0.717) is 41.2 Å². The molecule has 4 aliphatic rings. The van der Waals surface area contributed by atoms with Gasteiger partial charge in [-0.05, 0) is 49.5 Å². The zero-order valence-electron chi connectivity index (χ0n) is 22.5. The van der Waals surface area contributed by atoms with Crippen molar-refractivity contribution >= 4 is 11.8 Å². The van der Waals surface area contributed by atoms with Crippen LogP contribution in [0.3, 0.4) is 0 Å². The molecule has 2 aliphatic heterocycles.